The van der Waals surface area contributed by atoms with Crippen LogP contribution in [0.1, 0.15) is 11.3 Å². The van der Waals surface area contributed by atoms with Gasteiger partial charge in [0.05, 0.1) is 19.3 Å². The molecule has 0 aliphatic rings. The Morgan fingerprint density at radius 2 is 2.05 bits per heavy atom. The molecule has 0 aliphatic heterocycles. The highest BCUT2D eigenvalue weighted by atomic mass is 16.5. The Balaban J connectivity index is 2.01. The zero-order chi connectivity index (χ0) is 14.4. The molecule has 106 valence electrons. The average molecular weight is 274 g/mol. The van der Waals surface area contributed by atoms with Crippen LogP contribution in [0.5, 0.6) is 5.75 Å². The van der Waals surface area contributed by atoms with Gasteiger partial charge < -0.3 is 13.9 Å². The van der Waals surface area contributed by atoms with Gasteiger partial charge in [0.25, 0.3) is 0 Å². The summed E-state index contributed by atoms with van der Waals surface area (Å²) in [6, 6.07) is 11.3. The summed E-state index contributed by atoms with van der Waals surface area (Å²) in [5.74, 6) is 0.843. The lowest BCUT2D eigenvalue weighted by Gasteiger charge is -2.15. The van der Waals surface area contributed by atoms with E-state index in [1.54, 1.807) is 12.3 Å². The molecule has 0 saturated heterocycles. The molecule has 1 atom stereocenters. The number of hydrogen-bond acceptors (Lipinski definition) is 4. The van der Waals surface area contributed by atoms with Crippen molar-refractivity contribution < 1.29 is 18.7 Å². The number of ether oxygens (including phenoxy) is 2. The van der Waals surface area contributed by atoms with Crippen LogP contribution in [0.4, 0.5) is 0 Å². The van der Waals surface area contributed by atoms with Crippen molar-refractivity contribution in [2.75, 3.05) is 13.7 Å². The summed E-state index contributed by atoms with van der Waals surface area (Å²) < 4.78 is 15.8. The van der Waals surface area contributed by atoms with Gasteiger partial charge in [-0.25, -0.2) is 0 Å². The molecule has 1 aromatic heterocycles. The number of esters is 1. The highest BCUT2D eigenvalue weighted by Gasteiger charge is 2.22. The van der Waals surface area contributed by atoms with Crippen molar-refractivity contribution in [3.8, 4) is 5.75 Å². The maximum Gasteiger partial charge on any atom is 0.312 e. The average Bonchev–Trinajstić information content (AvgIpc) is 2.97. The van der Waals surface area contributed by atoms with E-state index in [0.717, 1.165) is 17.1 Å². The van der Waals surface area contributed by atoms with Crippen LogP contribution in [0.3, 0.4) is 0 Å². The molecule has 1 unspecified atom stereocenters. The standard InChI is InChI=1S/C16H18O4/c1-12-6-3-4-8-15(12)20-11-13(16(17)18-2)10-14-7-5-9-19-14/h3-9,13H,10-11H2,1-2H3. The Hall–Kier alpha value is -2.23. The smallest absolute Gasteiger partial charge is 0.312 e. The molecule has 4 nitrogen and oxygen atoms in total. The Morgan fingerprint density at radius 1 is 1.25 bits per heavy atom. The molecule has 0 saturated carbocycles. The Morgan fingerprint density at radius 3 is 2.70 bits per heavy atom. The fourth-order valence-electron chi connectivity index (χ4n) is 1.96. The zero-order valence-electron chi connectivity index (χ0n) is 11.7. The van der Waals surface area contributed by atoms with Crippen molar-refractivity contribution in [1.82, 2.24) is 0 Å². The first kappa shape index (κ1) is 14.2. The fourth-order valence-corrected chi connectivity index (χ4v) is 1.96. The van der Waals surface area contributed by atoms with Gasteiger partial charge in [-0.2, -0.15) is 0 Å². The van der Waals surface area contributed by atoms with E-state index >= 15 is 0 Å². The van der Waals surface area contributed by atoms with Gasteiger partial charge in [0, 0.05) is 6.42 Å². The van der Waals surface area contributed by atoms with Crippen molar-refractivity contribution >= 4 is 5.97 Å². The summed E-state index contributed by atoms with van der Waals surface area (Å²) in [5, 5.41) is 0. The van der Waals surface area contributed by atoms with Gasteiger partial charge in [0.2, 0.25) is 0 Å². The number of carbonyl (C=O) groups excluding carboxylic acids is 1. The van der Waals surface area contributed by atoms with E-state index in [2.05, 4.69) is 0 Å². The Labute approximate surface area is 118 Å². The number of methoxy groups -OCH3 is 1. The van der Waals surface area contributed by atoms with Crippen molar-refractivity contribution in [1.29, 1.82) is 0 Å². The van der Waals surface area contributed by atoms with E-state index in [0.29, 0.717) is 6.42 Å². The lowest BCUT2D eigenvalue weighted by Crippen LogP contribution is -2.25. The van der Waals surface area contributed by atoms with Crippen molar-refractivity contribution in [3.63, 3.8) is 0 Å². The Bertz CT molecular complexity index is 545. The second-order valence-corrected chi connectivity index (χ2v) is 4.58. The van der Waals surface area contributed by atoms with E-state index in [1.165, 1.54) is 7.11 Å². The molecule has 2 rings (SSSR count). The largest absolute Gasteiger partial charge is 0.492 e. The van der Waals surface area contributed by atoms with Crippen molar-refractivity contribution in [3.05, 3.63) is 54.0 Å². The number of aryl methyl sites for hydroxylation is 1. The molecule has 20 heavy (non-hydrogen) atoms. The quantitative estimate of drug-likeness (QED) is 0.760. The number of furan rings is 1. The van der Waals surface area contributed by atoms with E-state index in [1.807, 2.05) is 37.3 Å². The third-order valence-electron chi connectivity index (χ3n) is 3.10. The van der Waals surface area contributed by atoms with Gasteiger partial charge in [-0.3, -0.25) is 4.79 Å². The summed E-state index contributed by atoms with van der Waals surface area (Å²) in [7, 11) is 1.38. The topological polar surface area (TPSA) is 48.7 Å². The van der Waals surface area contributed by atoms with E-state index in [9.17, 15) is 4.79 Å². The second-order valence-electron chi connectivity index (χ2n) is 4.58. The van der Waals surface area contributed by atoms with E-state index in [-0.39, 0.29) is 18.5 Å². The predicted molar refractivity (Wildman–Crippen MR) is 74.6 cm³/mol. The minimum atomic E-state index is -0.384. The molecule has 1 aromatic carbocycles. The van der Waals surface area contributed by atoms with Gasteiger partial charge in [0.1, 0.15) is 18.1 Å². The molecule has 0 bridgehead atoms. The summed E-state index contributed by atoms with van der Waals surface area (Å²) in [4.78, 5) is 11.8. The number of rotatable bonds is 6. The molecule has 0 fully saturated rings. The maximum absolute atomic E-state index is 11.8. The molecule has 2 aromatic rings. The van der Waals surface area contributed by atoms with Crippen LogP contribution in [0.15, 0.2) is 47.1 Å². The first-order valence-corrected chi connectivity index (χ1v) is 6.49. The lowest BCUT2D eigenvalue weighted by molar-refractivity contribution is -0.146. The van der Waals surface area contributed by atoms with Gasteiger partial charge in [-0.15, -0.1) is 0 Å². The number of benzene rings is 1. The van der Waals surface area contributed by atoms with E-state index < -0.39 is 0 Å². The number of hydrogen-bond donors (Lipinski definition) is 0. The van der Waals surface area contributed by atoms with Gasteiger partial charge in [-0.05, 0) is 30.7 Å². The summed E-state index contributed by atoms with van der Waals surface area (Å²) in [6.45, 7) is 2.23. The monoisotopic (exact) mass is 274 g/mol. The lowest BCUT2D eigenvalue weighted by atomic mass is 10.1. The summed E-state index contributed by atoms with van der Waals surface area (Å²) in [5.41, 5.74) is 1.04. The zero-order valence-corrected chi connectivity index (χ0v) is 11.7. The van der Waals surface area contributed by atoms with Crippen molar-refractivity contribution in [2.45, 2.75) is 13.3 Å². The highest BCUT2D eigenvalue weighted by Crippen LogP contribution is 2.19. The number of para-hydroxylation sites is 1. The molecular weight excluding hydrogens is 256 g/mol. The molecule has 0 spiro atoms. The molecule has 4 heteroatoms. The first-order valence-electron chi connectivity index (χ1n) is 6.49. The van der Waals surface area contributed by atoms with Crippen LogP contribution in [0.25, 0.3) is 0 Å². The van der Waals surface area contributed by atoms with Gasteiger partial charge in [0.15, 0.2) is 0 Å². The van der Waals surface area contributed by atoms with Gasteiger partial charge in [-0.1, -0.05) is 18.2 Å². The van der Waals surface area contributed by atoms with Crippen LogP contribution >= 0.6 is 0 Å². The third kappa shape index (κ3) is 3.63. The van der Waals surface area contributed by atoms with E-state index in [4.69, 9.17) is 13.9 Å². The Kier molecular flexibility index (Phi) is 4.82. The molecule has 0 N–H and O–H groups in total. The van der Waals surface area contributed by atoms with Crippen LogP contribution in [0, 0.1) is 12.8 Å². The fraction of sp³-hybridized carbons (Fsp3) is 0.312. The molecular formula is C16H18O4. The summed E-state index contributed by atoms with van der Waals surface area (Å²) >= 11 is 0. The minimum absolute atomic E-state index is 0.262. The summed E-state index contributed by atoms with van der Waals surface area (Å²) in [6.07, 6.45) is 2.05. The number of carbonyl (C=O) groups is 1. The SMILES string of the molecule is COC(=O)C(COc1ccccc1C)Cc1ccco1. The van der Waals surface area contributed by atoms with Crippen molar-refractivity contribution in [2.24, 2.45) is 5.92 Å². The second kappa shape index (κ2) is 6.80. The van der Waals surface area contributed by atoms with Crippen LogP contribution in [-0.4, -0.2) is 19.7 Å². The molecule has 1 heterocycles. The molecule has 0 radical (unpaired) electrons. The molecule has 0 amide bonds. The normalized spacial score (nSPS) is 11.9. The van der Waals surface area contributed by atoms with Crippen LogP contribution in [-0.2, 0) is 16.0 Å². The maximum atomic E-state index is 11.8. The molecule has 0 aliphatic carbocycles. The van der Waals surface area contributed by atoms with Crippen LogP contribution in [0.2, 0.25) is 0 Å². The highest BCUT2D eigenvalue weighted by molar-refractivity contribution is 5.72. The third-order valence-corrected chi connectivity index (χ3v) is 3.10. The van der Waals surface area contributed by atoms with Crippen LogP contribution < -0.4 is 4.74 Å². The minimum Gasteiger partial charge on any atom is -0.492 e. The predicted octanol–water partition coefficient (Wildman–Crippen LogP) is 3.00. The van der Waals surface area contributed by atoms with Gasteiger partial charge >= 0.3 is 5.97 Å². The first-order chi connectivity index (χ1) is 9.70.